The Morgan fingerprint density at radius 1 is 0.964 bits per heavy atom. The fourth-order valence-corrected chi connectivity index (χ4v) is 3.20. The molecular weight excluding hydrogens is 356 g/mol. The van der Waals surface area contributed by atoms with Crippen molar-refractivity contribution in [3.63, 3.8) is 0 Å². The van der Waals surface area contributed by atoms with Crippen molar-refractivity contribution >= 4 is 17.6 Å². The van der Waals surface area contributed by atoms with Gasteiger partial charge in [0, 0.05) is 44.5 Å². The quantitative estimate of drug-likeness (QED) is 0.624. The van der Waals surface area contributed by atoms with E-state index in [0.717, 1.165) is 38.1 Å². The van der Waals surface area contributed by atoms with Crippen LogP contribution in [0.4, 0.5) is 0 Å². The van der Waals surface area contributed by atoms with Gasteiger partial charge in [-0.15, -0.1) is 0 Å². The van der Waals surface area contributed by atoms with Crippen LogP contribution in [0.15, 0.2) is 24.3 Å². The zero-order chi connectivity index (χ0) is 20.2. The van der Waals surface area contributed by atoms with E-state index in [4.69, 9.17) is 4.74 Å². The molecule has 0 radical (unpaired) electrons. The standard InChI is InChI=1S/C22H32N2O4/c1-2-17-28-19-9-7-18(8-10-19)20(25)11-12-21(26)23-14-13-22(27)24-15-5-3-4-6-16-24/h7-10H,2-6,11-17H2,1H3,(H,23,26). The third-order valence-electron chi connectivity index (χ3n) is 4.85. The number of nitrogens with zero attached hydrogens (tertiary/aromatic N) is 1. The third-order valence-corrected chi connectivity index (χ3v) is 4.85. The van der Waals surface area contributed by atoms with Crippen LogP contribution in [0.3, 0.4) is 0 Å². The highest BCUT2D eigenvalue weighted by Crippen LogP contribution is 2.14. The van der Waals surface area contributed by atoms with E-state index < -0.39 is 0 Å². The highest BCUT2D eigenvalue weighted by molar-refractivity contribution is 5.98. The van der Waals surface area contributed by atoms with E-state index in [1.807, 2.05) is 11.8 Å². The van der Waals surface area contributed by atoms with Crippen LogP contribution in [0.1, 0.15) is 68.6 Å². The number of amides is 2. The maximum atomic E-state index is 12.2. The zero-order valence-electron chi connectivity index (χ0n) is 16.9. The minimum atomic E-state index is -0.195. The topological polar surface area (TPSA) is 75.7 Å². The van der Waals surface area contributed by atoms with Gasteiger partial charge in [0.25, 0.3) is 0 Å². The summed E-state index contributed by atoms with van der Waals surface area (Å²) in [6.07, 6.45) is 6.02. The number of carbonyl (C=O) groups is 3. The van der Waals surface area contributed by atoms with Crippen LogP contribution in [-0.2, 0) is 9.59 Å². The lowest BCUT2D eigenvalue weighted by Crippen LogP contribution is -2.35. The van der Waals surface area contributed by atoms with Crippen molar-refractivity contribution in [2.24, 2.45) is 0 Å². The second kappa shape index (κ2) is 12.2. The van der Waals surface area contributed by atoms with E-state index in [2.05, 4.69) is 5.32 Å². The Hall–Kier alpha value is -2.37. The summed E-state index contributed by atoms with van der Waals surface area (Å²) < 4.78 is 5.50. The molecule has 0 aromatic heterocycles. The predicted octanol–water partition coefficient (Wildman–Crippen LogP) is 3.35. The van der Waals surface area contributed by atoms with Gasteiger partial charge in [0.15, 0.2) is 5.78 Å². The van der Waals surface area contributed by atoms with Gasteiger partial charge < -0.3 is 15.0 Å². The number of benzene rings is 1. The molecule has 1 aromatic rings. The lowest BCUT2D eigenvalue weighted by atomic mass is 10.1. The van der Waals surface area contributed by atoms with Crippen LogP contribution in [0.25, 0.3) is 0 Å². The minimum Gasteiger partial charge on any atom is -0.494 e. The Bertz CT molecular complexity index is 634. The van der Waals surface area contributed by atoms with Gasteiger partial charge in [0.05, 0.1) is 6.61 Å². The van der Waals surface area contributed by atoms with Gasteiger partial charge >= 0.3 is 0 Å². The van der Waals surface area contributed by atoms with Gasteiger partial charge in [-0.1, -0.05) is 19.8 Å². The van der Waals surface area contributed by atoms with Crippen molar-refractivity contribution in [1.82, 2.24) is 10.2 Å². The number of likely N-dealkylation sites (tertiary alicyclic amines) is 1. The molecule has 1 aliphatic rings. The largest absolute Gasteiger partial charge is 0.494 e. The van der Waals surface area contributed by atoms with Crippen LogP contribution in [0.2, 0.25) is 0 Å². The number of nitrogens with one attached hydrogen (secondary N) is 1. The summed E-state index contributed by atoms with van der Waals surface area (Å²) in [6, 6.07) is 7.00. The van der Waals surface area contributed by atoms with E-state index in [0.29, 0.717) is 25.1 Å². The molecule has 1 fully saturated rings. The first-order chi connectivity index (χ1) is 13.6. The van der Waals surface area contributed by atoms with Crippen molar-refractivity contribution in [1.29, 1.82) is 0 Å². The van der Waals surface area contributed by atoms with Gasteiger partial charge in [-0.3, -0.25) is 14.4 Å². The van der Waals surface area contributed by atoms with Crippen molar-refractivity contribution in [2.75, 3.05) is 26.2 Å². The molecule has 0 atom stereocenters. The highest BCUT2D eigenvalue weighted by Gasteiger charge is 2.15. The molecule has 6 nitrogen and oxygen atoms in total. The number of rotatable bonds is 10. The van der Waals surface area contributed by atoms with Crippen LogP contribution < -0.4 is 10.1 Å². The molecular formula is C22H32N2O4. The number of hydrogen-bond donors (Lipinski definition) is 1. The van der Waals surface area contributed by atoms with Gasteiger partial charge in [-0.05, 0) is 43.5 Å². The Kier molecular flexibility index (Phi) is 9.52. The molecule has 0 spiro atoms. The van der Waals surface area contributed by atoms with Crippen molar-refractivity contribution in [3.8, 4) is 5.75 Å². The van der Waals surface area contributed by atoms with Crippen LogP contribution in [0.5, 0.6) is 5.75 Å². The van der Waals surface area contributed by atoms with E-state index in [1.54, 1.807) is 24.3 Å². The number of Topliss-reactive ketones (excluding diaryl/α,β-unsaturated/α-hetero) is 1. The molecule has 1 aromatic carbocycles. The summed E-state index contributed by atoms with van der Waals surface area (Å²) in [5.74, 6) is 0.576. The zero-order valence-corrected chi connectivity index (χ0v) is 16.9. The molecule has 1 saturated heterocycles. The van der Waals surface area contributed by atoms with Crippen molar-refractivity contribution in [3.05, 3.63) is 29.8 Å². The van der Waals surface area contributed by atoms with Gasteiger partial charge in [0.1, 0.15) is 5.75 Å². The van der Waals surface area contributed by atoms with E-state index in [9.17, 15) is 14.4 Å². The first-order valence-corrected chi connectivity index (χ1v) is 10.4. The normalized spacial score (nSPS) is 14.2. The SMILES string of the molecule is CCCOc1ccc(C(=O)CCC(=O)NCCC(=O)N2CCCCCC2)cc1. The molecule has 28 heavy (non-hydrogen) atoms. The predicted molar refractivity (Wildman–Crippen MR) is 108 cm³/mol. The van der Waals surface area contributed by atoms with E-state index in [-0.39, 0.29) is 30.4 Å². The Labute approximate surface area is 167 Å². The van der Waals surface area contributed by atoms with E-state index >= 15 is 0 Å². The summed E-state index contributed by atoms with van der Waals surface area (Å²) in [7, 11) is 0. The maximum Gasteiger partial charge on any atom is 0.224 e. The van der Waals surface area contributed by atoms with Crippen molar-refractivity contribution < 1.29 is 19.1 Å². The Morgan fingerprint density at radius 3 is 2.29 bits per heavy atom. The van der Waals surface area contributed by atoms with Gasteiger partial charge in [-0.2, -0.15) is 0 Å². The monoisotopic (exact) mass is 388 g/mol. The minimum absolute atomic E-state index is 0.0714. The van der Waals surface area contributed by atoms with Crippen molar-refractivity contribution in [2.45, 2.75) is 58.3 Å². The van der Waals surface area contributed by atoms with Crippen LogP contribution in [0, 0.1) is 0 Å². The molecule has 0 unspecified atom stereocenters. The average molecular weight is 389 g/mol. The number of ether oxygens (including phenoxy) is 1. The van der Waals surface area contributed by atoms with Crippen LogP contribution >= 0.6 is 0 Å². The fourth-order valence-electron chi connectivity index (χ4n) is 3.20. The molecule has 2 rings (SSSR count). The molecule has 0 bridgehead atoms. The lowest BCUT2D eigenvalue weighted by molar-refractivity contribution is -0.131. The second-order valence-electron chi connectivity index (χ2n) is 7.19. The van der Waals surface area contributed by atoms with Crippen LogP contribution in [-0.4, -0.2) is 48.7 Å². The summed E-state index contributed by atoms with van der Waals surface area (Å²) in [4.78, 5) is 38.3. The van der Waals surface area contributed by atoms with Gasteiger partial charge in [0.2, 0.25) is 11.8 Å². The summed E-state index contributed by atoms with van der Waals surface area (Å²) in [5, 5.41) is 2.75. The lowest BCUT2D eigenvalue weighted by Gasteiger charge is -2.20. The van der Waals surface area contributed by atoms with Gasteiger partial charge in [-0.25, -0.2) is 0 Å². The molecule has 2 amide bonds. The first-order valence-electron chi connectivity index (χ1n) is 10.4. The number of ketones is 1. The first kappa shape index (κ1) is 21.9. The average Bonchev–Trinajstić information content (AvgIpc) is 3.00. The smallest absolute Gasteiger partial charge is 0.224 e. The van der Waals surface area contributed by atoms with E-state index in [1.165, 1.54) is 12.8 Å². The Morgan fingerprint density at radius 2 is 1.64 bits per heavy atom. The second-order valence-corrected chi connectivity index (χ2v) is 7.19. The molecule has 6 heteroatoms. The summed E-state index contributed by atoms with van der Waals surface area (Å²) in [6.45, 7) is 4.65. The number of hydrogen-bond acceptors (Lipinski definition) is 4. The highest BCUT2D eigenvalue weighted by atomic mass is 16.5. The Balaban J connectivity index is 1.64. The number of carbonyl (C=O) groups excluding carboxylic acids is 3. The maximum absolute atomic E-state index is 12.2. The fraction of sp³-hybridized carbons (Fsp3) is 0.591. The summed E-state index contributed by atoms with van der Waals surface area (Å²) >= 11 is 0. The molecule has 0 saturated carbocycles. The molecule has 154 valence electrons. The molecule has 1 N–H and O–H groups in total. The molecule has 0 aliphatic carbocycles. The molecule has 1 heterocycles. The molecule has 1 aliphatic heterocycles. The third kappa shape index (κ3) is 7.71. The summed E-state index contributed by atoms with van der Waals surface area (Å²) in [5.41, 5.74) is 0.577.